The molecule has 0 fully saturated rings. The van der Waals surface area contributed by atoms with Gasteiger partial charge in [-0.25, -0.2) is 0 Å². The molecule has 0 unspecified atom stereocenters. The lowest BCUT2D eigenvalue weighted by Crippen LogP contribution is -2.22. The fourth-order valence-corrected chi connectivity index (χ4v) is 1.17. The number of hydrogen-bond acceptors (Lipinski definition) is 2. The molecule has 0 atom stereocenters. The fourth-order valence-electron chi connectivity index (χ4n) is 1.17. The summed E-state index contributed by atoms with van der Waals surface area (Å²) in [6, 6.07) is 2.54. The Hall–Kier alpha value is -1.09. The molecule has 14 heavy (non-hydrogen) atoms. The highest BCUT2D eigenvalue weighted by molar-refractivity contribution is 5.00. The van der Waals surface area contributed by atoms with E-state index in [2.05, 4.69) is 30.8 Å². The largest absolute Gasteiger partial charge is 0.309 e. The number of rotatable bonds is 5. The van der Waals surface area contributed by atoms with E-state index in [4.69, 9.17) is 0 Å². The lowest BCUT2D eigenvalue weighted by atomic mass is 10.3. The maximum absolute atomic E-state index is 4.42. The molecule has 78 valence electrons. The van der Waals surface area contributed by atoms with Gasteiger partial charge in [0.25, 0.3) is 0 Å². The lowest BCUT2D eigenvalue weighted by Gasteiger charge is -2.05. The smallest absolute Gasteiger partial charge is 0.0762 e. The van der Waals surface area contributed by atoms with Crippen molar-refractivity contribution >= 4 is 0 Å². The second-order valence-corrected chi connectivity index (χ2v) is 4.00. The SMILES string of the molecule is C=C(C)Cn1ccc(CNC(C)C)n1. The highest BCUT2D eigenvalue weighted by Gasteiger charge is 1.99. The van der Waals surface area contributed by atoms with Gasteiger partial charge in [-0.2, -0.15) is 5.10 Å². The van der Waals surface area contributed by atoms with E-state index in [1.165, 1.54) is 0 Å². The number of nitrogens with one attached hydrogen (secondary N) is 1. The molecule has 0 saturated heterocycles. The van der Waals surface area contributed by atoms with Crippen LogP contribution < -0.4 is 5.32 Å². The third-order valence-electron chi connectivity index (χ3n) is 1.82. The van der Waals surface area contributed by atoms with Crippen LogP contribution in [0, 0.1) is 0 Å². The van der Waals surface area contributed by atoms with Crippen LogP contribution in [0.25, 0.3) is 0 Å². The summed E-state index contributed by atoms with van der Waals surface area (Å²) in [6.45, 7) is 11.8. The van der Waals surface area contributed by atoms with Gasteiger partial charge in [-0.1, -0.05) is 26.0 Å². The van der Waals surface area contributed by atoms with Crippen molar-refractivity contribution in [3.63, 3.8) is 0 Å². The molecule has 3 heteroatoms. The van der Waals surface area contributed by atoms with Crippen molar-refractivity contribution in [2.75, 3.05) is 0 Å². The lowest BCUT2D eigenvalue weighted by molar-refractivity contribution is 0.569. The molecule has 1 rings (SSSR count). The summed E-state index contributed by atoms with van der Waals surface area (Å²) in [6.07, 6.45) is 1.99. The summed E-state index contributed by atoms with van der Waals surface area (Å²) >= 11 is 0. The zero-order valence-electron chi connectivity index (χ0n) is 9.25. The average molecular weight is 193 g/mol. The van der Waals surface area contributed by atoms with Crippen molar-refractivity contribution in [3.8, 4) is 0 Å². The minimum Gasteiger partial charge on any atom is -0.309 e. The quantitative estimate of drug-likeness (QED) is 0.724. The van der Waals surface area contributed by atoms with Crippen LogP contribution in [-0.4, -0.2) is 15.8 Å². The number of allylic oxidation sites excluding steroid dienone is 1. The minimum atomic E-state index is 0.501. The number of hydrogen-bond donors (Lipinski definition) is 1. The molecular weight excluding hydrogens is 174 g/mol. The van der Waals surface area contributed by atoms with Crippen LogP contribution in [0.4, 0.5) is 0 Å². The van der Waals surface area contributed by atoms with E-state index in [0.717, 1.165) is 24.4 Å². The molecule has 1 heterocycles. The van der Waals surface area contributed by atoms with E-state index in [9.17, 15) is 0 Å². The van der Waals surface area contributed by atoms with E-state index in [0.29, 0.717) is 6.04 Å². The van der Waals surface area contributed by atoms with Crippen molar-refractivity contribution < 1.29 is 0 Å². The van der Waals surface area contributed by atoms with Gasteiger partial charge in [0.2, 0.25) is 0 Å². The Morgan fingerprint density at radius 1 is 1.64 bits per heavy atom. The molecule has 0 aliphatic heterocycles. The molecule has 0 aliphatic rings. The van der Waals surface area contributed by atoms with E-state index in [1.807, 2.05) is 23.9 Å². The van der Waals surface area contributed by atoms with Gasteiger partial charge in [0, 0.05) is 18.8 Å². The summed E-state index contributed by atoms with van der Waals surface area (Å²) in [7, 11) is 0. The molecule has 1 aromatic rings. The molecule has 3 nitrogen and oxygen atoms in total. The Morgan fingerprint density at radius 3 is 2.93 bits per heavy atom. The Morgan fingerprint density at radius 2 is 2.36 bits per heavy atom. The molecule has 0 radical (unpaired) electrons. The highest BCUT2D eigenvalue weighted by Crippen LogP contribution is 1.99. The monoisotopic (exact) mass is 193 g/mol. The van der Waals surface area contributed by atoms with E-state index in [-0.39, 0.29) is 0 Å². The summed E-state index contributed by atoms with van der Waals surface area (Å²) in [5, 5.41) is 7.75. The van der Waals surface area contributed by atoms with Gasteiger partial charge in [0.1, 0.15) is 0 Å². The van der Waals surface area contributed by atoms with Gasteiger partial charge in [0.05, 0.1) is 12.2 Å². The van der Waals surface area contributed by atoms with Crippen molar-refractivity contribution in [1.82, 2.24) is 15.1 Å². The first-order chi connectivity index (χ1) is 6.58. The average Bonchev–Trinajstić information content (AvgIpc) is 2.47. The van der Waals surface area contributed by atoms with Gasteiger partial charge >= 0.3 is 0 Å². The van der Waals surface area contributed by atoms with Crippen LogP contribution in [0.1, 0.15) is 26.5 Å². The second-order valence-electron chi connectivity index (χ2n) is 4.00. The van der Waals surface area contributed by atoms with Gasteiger partial charge in [-0.3, -0.25) is 4.68 Å². The Bertz CT molecular complexity index is 299. The van der Waals surface area contributed by atoms with Crippen molar-refractivity contribution in [2.45, 2.75) is 39.9 Å². The van der Waals surface area contributed by atoms with E-state index >= 15 is 0 Å². The van der Waals surface area contributed by atoms with E-state index < -0.39 is 0 Å². The third kappa shape index (κ3) is 3.75. The van der Waals surface area contributed by atoms with Crippen molar-refractivity contribution in [1.29, 1.82) is 0 Å². The van der Waals surface area contributed by atoms with Crippen LogP contribution in [-0.2, 0) is 13.1 Å². The van der Waals surface area contributed by atoms with Crippen LogP contribution in [0.15, 0.2) is 24.4 Å². The summed E-state index contributed by atoms with van der Waals surface area (Å²) in [5.41, 5.74) is 2.21. The van der Waals surface area contributed by atoms with Gasteiger partial charge in [-0.05, 0) is 13.0 Å². The van der Waals surface area contributed by atoms with Gasteiger partial charge < -0.3 is 5.32 Å². The Kier molecular flexibility index (Phi) is 3.89. The molecule has 0 saturated carbocycles. The zero-order chi connectivity index (χ0) is 10.6. The molecule has 0 spiro atoms. The summed E-state index contributed by atoms with van der Waals surface area (Å²) in [5.74, 6) is 0. The van der Waals surface area contributed by atoms with E-state index in [1.54, 1.807) is 0 Å². The predicted molar refractivity (Wildman–Crippen MR) is 59.0 cm³/mol. The molecule has 0 aromatic carbocycles. The highest BCUT2D eigenvalue weighted by atomic mass is 15.3. The maximum atomic E-state index is 4.42. The second kappa shape index (κ2) is 4.96. The van der Waals surface area contributed by atoms with Gasteiger partial charge in [0.15, 0.2) is 0 Å². The molecule has 0 aliphatic carbocycles. The molecule has 0 bridgehead atoms. The predicted octanol–water partition coefficient (Wildman–Crippen LogP) is 1.96. The van der Waals surface area contributed by atoms with Crippen molar-refractivity contribution in [3.05, 3.63) is 30.1 Å². The standard InChI is InChI=1S/C11H19N3/c1-9(2)8-14-6-5-11(13-14)7-12-10(3)4/h5-6,10,12H,1,7-8H2,2-4H3. The first-order valence-corrected chi connectivity index (χ1v) is 4.98. The summed E-state index contributed by atoms with van der Waals surface area (Å²) in [4.78, 5) is 0. The van der Waals surface area contributed by atoms with Crippen LogP contribution in [0.2, 0.25) is 0 Å². The van der Waals surface area contributed by atoms with Crippen molar-refractivity contribution in [2.24, 2.45) is 0 Å². The topological polar surface area (TPSA) is 29.9 Å². The zero-order valence-corrected chi connectivity index (χ0v) is 9.25. The molecule has 1 N–H and O–H groups in total. The number of aromatic nitrogens is 2. The van der Waals surface area contributed by atoms with Crippen LogP contribution in [0.5, 0.6) is 0 Å². The Labute approximate surface area is 85.8 Å². The normalized spacial score (nSPS) is 10.9. The third-order valence-corrected chi connectivity index (χ3v) is 1.82. The van der Waals surface area contributed by atoms with Crippen LogP contribution in [0.3, 0.4) is 0 Å². The first kappa shape index (κ1) is 11.0. The molecule has 1 aromatic heterocycles. The summed E-state index contributed by atoms with van der Waals surface area (Å²) < 4.78 is 1.92. The minimum absolute atomic E-state index is 0.501. The Balaban J connectivity index is 2.46. The first-order valence-electron chi connectivity index (χ1n) is 4.98. The fraction of sp³-hybridized carbons (Fsp3) is 0.545. The maximum Gasteiger partial charge on any atom is 0.0762 e. The molecule has 0 amide bonds. The van der Waals surface area contributed by atoms with Crippen LogP contribution >= 0.6 is 0 Å². The number of nitrogens with zero attached hydrogens (tertiary/aromatic N) is 2. The molecular formula is C11H19N3. The van der Waals surface area contributed by atoms with Gasteiger partial charge in [-0.15, -0.1) is 0 Å².